The molecule has 0 radical (unpaired) electrons. The first-order chi connectivity index (χ1) is 11.1. The lowest BCUT2D eigenvalue weighted by atomic mass is 10.0. The van der Waals surface area contributed by atoms with Crippen molar-refractivity contribution in [2.45, 2.75) is 30.7 Å². The van der Waals surface area contributed by atoms with Crippen LogP contribution >= 0.6 is 11.8 Å². The average molecular weight is 333 g/mol. The Bertz CT molecular complexity index is 681. The predicted molar refractivity (Wildman–Crippen MR) is 89.3 cm³/mol. The van der Waals surface area contributed by atoms with Gasteiger partial charge in [0.2, 0.25) is 0 Å². The molecule has 1 aliphatic rings. The van der Waals surface area contributed by atoms with Crippen LogP contribution in [0.1, 0.15) is 5.69 Å². The molecular weight excluding hydrogens is 314 g/mol. The van der Waals surface area contributed by atoms with E-state index in [9.17, 15) is 15.3 Å². The molecule has 5 nitrogen and oxygen atoms in total. The first-order valence-electron chi connectivity index (χ1n) is 7.41. The molecule has 0 aliphatic carbocycles. The molecule has 23 heavy (non-hydrogen) atoms. The number of ether oxygens (including phenoxy) is 1. The number of pyridine rings is 1. The zero-order chi connectivity index (χ0) is 16.4. The van der Waals surface area contributed by atoms with Crippen LogP contribution in [0.4, 0.5) is 0 Å². The van der Waals surface area contributed by atoms with Crippen LogP contribution in [0, 0.1) is 6.92 Å². The highest BCUT2D eigenvalue weighted by molar-refractivity contribution is 7.99. The van der Waals surface area contributed by atoms with Gasteiger partial charge in [-0.2, -0.15) is 0 Å². The van der Waals surface area contributed by atoms with Gasteiger partial charge in [0.25, 0.3) is 0 Å². The zero-order valence-electron chi connectivity index (χ0n) is 12.7. The molecule has 2 aromatic rings. The Kier molecular flexibility index (Phi) is 4.87. The Balaban J connectivity index is 1.80. The van der Waals surface area contributed by atoms with Crippen molar-refractivity contribution in [3.8, 4) is 16.9 Å². The molecule has 1 aromatic carbocycles. The minimum Gasteiger partial charge on any atom is -0.477 e. The van der Waals surface area contributed by atoms with Crippen LogP contribution < -0.4 is 4.74 Å². The van der Waals surface area contributed by atoms with Gasteiger partial charge in [0.05, 0.1) is 6.10 Å². The smallest absolute Gasteiger partial charge is 0.173 e. The zero-order valence-corrected chi connectivity index (χ0v) is 13.5. The fraction of sp³-hybridized carbons (Fsp3) is 0.353. The Morgan fingerprint density at radius 3 is 2.74 bits per heavy atom. The number of aromatic nitrogens is 1. The Labute approximate surface area is 139 Å². The number of aliphatic hydroxyl groups is 3. The van der Waals surface area contributed by atoms with Crippen LogP contribution in [-0.2, 0) is 0 Å². The van der Waals surface area contributed by atoms with E-state index in [0.29, 0.717) is 11.5 Å². The quantitative estimate of drug-likeness (QED) is 0.791. The number of aryl methyl sites for hydroxylation is 1. The maximum absolute atomic E-state index is 10.0. The molecule has 3 N–H and O–H groups in total. The fourth-order valence-corrected chi connectivity index (χ4v) is 3.66. The number of aliphatic hydroxyl groups excluding tert-OH is 3. The summed E-state index contributed by atoms with van der Waals surface area (Å²) in [6.45, 7) is 1.95. The second-order valence-corrected chi connectivity index (χ2v) is 6.66. The molecule has 1 fully saturated rings. The van der Waals surface area contributed by atoms with Crippen molar-refractivity contribution in [2.24, 2.45) is 0 Å². The summed E-state index contributed by atoms with van der Waals surface area (Å²) in [7, 11) is 0. The molecule has 0 bridgehead atoms. The molecule has 1 aliphatic heterocycles. The highest BCUT2D eigenvalue weighted by Gasteiger charge is 2.38. The summed E-state index contributed by atoms with van der Waals surface area (Å²) in [5.41, 5.74) is 2.31. The number of thioether (sulfide) groups is 1. The van der Waals surface area contributed by atoms with Crippen LogP contribution in [0.25, 0.3) is 11.1 Å². The fourth-order valence-electron chi connectivity index (χ4n) is 2.54. The van der Waals surface area contributed by atoms with E-state index in [-0.39, 0.29) is 0 Å². The van der Waals surface area contributed by atoms with Crippen molar-refractivity contribution in [3.63, 3.8) is 0 Å². The van der Waals surface area contributed by atoms with E-state index in [0.717, 1.165) is 16.8 Å². The van der Waals surface area contributed by atoms with Gasteiger partial charge >= 0.3 is 0 Å². The van der Waals surface area contributed by atoms with Gasteiger partial charge in [-0.15, -0.1) is 11.8 Å². The Morgan fingerprint density at radius 2 is 1.96 bits per heavy atom. The third kappa shape index (κ3) is 3.50. The highest BCUT2D eigenvalue weighted by Crippen LogP contribution is 2.31. The molecule has 0 spiro atoms. The molecule has 2 heterocycles. The van der Waals surface area contributed by atoms with Gasteiger partial charge in [-0.1, -0.05) is 18.2 Å². The topological polar surface area (TPSA) is 82.8 Å². The first-order valence-corrected chi connectivity index (χ1v) is 8.45. The van der Waals surface area contributed by atoms with E-state index in [1.54, 1.807) is 12.3 Å². The maximum Gasteiger partial charge on any atom is 0.173 e. The highest BCUT2D eigenvalue weighted by atomic mass is 32.2. The van der Waals surface area contributed by atoms with Crippen LogP contribution in [-0.4, -0.2) is 49.8 Å². The van der Waals surface area contributed by atoms with Crippen LogP contribution in [0.15, 0.2) is 42.6 Å². The first kappa shape index (κ1) is 16.3. The molecule has 0 unspecified atom stereocenters. The van der Waals surface area contributed by atoms with Gasteiger partial charge in [-0.05, 0) is 30.7 Å². The molecule has 3 rings (SSSR count). The monoisotopic (exact) mass is 333 g/mol. The van der Waals surface area contributed by atoms with E-state index < -0.39 is 23.7 Å². The maximum atomic E-state index is 10.0. The SMILES string of the molecule is Cc1ncccc1-c1cccc(O[C@@H]2SC[C@@H](O)[C@H](O)[C@H]2O)c1. The molecule has 1 aromatic heterocycles. The van der Waals surface area contributed by atoms with E-state index in [2.05, 4.69) is 4.98 Å². The van der Waals surface area contributed by atoms with Gasteiger partial charge in [0.15, 0.2) is 5.44 Å². The molecule has 1 saturated heterocycles. The summed E-state index contributed by atoms with van der Waals surface area (Å²) in [4.78, 5) is 4.29. The predicted octanol–water partition coefficient (Wildman–Crippen LogP) is 1.59. The lowest BCUT2D eigenvalue weighted by molar-refractivity contribution is -0.0786. The van der Waals surface area contributed by atoms with Crippen LogP contribution in [0.2, 0.25) is 0 Å². The Hall–Kier alpha value is -1.60. The van der Waals surface area contributed by atoms with Gasteiger partial charge in [0, 0.05) is 23.2 Å². The number of benzene rings is 1. The lowest BCUT2D eigenvalue weighted by Crippen LogP contribution is -2.50. The van der Waals surface area contributed by atoms with Crippen molar-refractivity contribution in [2.75, 3.05) is 5.75 Å². The number of nitrogens with zero attached hydrogens (tertiary/aromatic N) is 1. The number of hydrogen-bond acceptors (Lipinski definition) is 6. The molecule has 6 heteroatoms. The minimum atomic E-state index is -1.19. The van der Waals surface area contributed by atoms with Crippen molar-refractivity contribution in [1.29, 1.82) is 0 Å². The number of hydrogen-bond donors (Lipinski definition) is 3. The van der Waals surface area contributed by atoms with Gasteiger partial charge < -0.3 is 20.1 Å². The summed E-state index contributed by atoms with van der Waals surface area (Å²) >= 11 is 1.29. The van der Waals surface area contributed by atoms with Crippen molar-refractivity contribution in [1.82, 2.24) is 4.98 Å². The summed E-state index contributed by atoms with van der Waals surface area (Å²) in [5, 5.41) is 29.4. The summed E-state index contributed by atoms with van der Waals surface area (Å²) in [5.74, 6) is 0.926. The molecular formula is C17H19NO4S. The third-order valence-electron chi connectivity index (χ3n) is 3.86. The Morgan fingerprint density at radius 1 is 1.13 bits per heavy atom. The van der Waals surface area contributed by atoms with Crippen molar-refractivity contribution in [3.05, 3.63) is 48.3 Å². The van der Waals surface area contributed by atoms with Gasteiger partial charge in [-0.3, -0.25) is 4.98 Å². The standard InChI is InChI=1S/C17H19NO4S/c1-10-13(6-3-7-18-10)11-4-2-5-12(8-11)22-17-16(21)15(20)14(19)9-23-17/h2-8,14-17,19-21H,9H2,1H3/t14-,15+,16-,17-/m1/s1. The van der Waals surface area contributed by atoms with E-state index in [1.165, 1.54) is 11.8 Å². The van der Waals surface area contributed by atoms with Crippen molar-refractivity contribution < 1.29 is 20.1 Å². The molecule has 0 saturated carbocycles. The average Bonchev–Trinajstić information content (AvgIpc) is 2.56. The molecule has 0 amide bonds. The van der Waals surface area contributed by atoms with Crippen molar-refractivity contribution >= 4 is 11.8 Å². The summed E-state index contributed by atoms with van der Waals surface area (Å²) in [6, 6.07) is 11.4. The third-order valence-corrected chi connectivity index (χ3v) is 5.10. The van der Waals surface area contributed by atoms with E-state index >= 15 is 0 Å². The molecule has 4 atom stereocenters. The molecule has 122 valence electrons. The second kappa shape index (κ2) is 6.88. The van der Waals surface area contributed by atoms with E-state index in [1.807, 2.05) is 37.3 Å². The minimum absolute atomic E-state index is 0.324. The van der Waals surface area contributed by atoms with Crippen LogP contribution in [0.3, 0.4) is 0 Å². The second-order valence-electron chi connectivity index (χ2n) is 5.53. The summed E-state index contributed by atoms with van der Waals surface area (Å²) < 4.78 is 5.81. The van der Waals surface area contributed by atoms with Crippen LogP contribution in [0.5, 0.6) is 5.75 Å². The van der Waals surface area contributed by atoms with E-state index in [4.69, 9.17) is 4.74 Å². The summed E-state index contributed by atoms with van der Waals surface area (Å²) in [6.07, 6.45) is -1.50. The lowest BCUT2D eigenvalue weighted by Gasteiger charge is -2.34. The normalized spacial score (nSPS) is 27.7. The van der Waals surface area contributed by atoms with Gasteiger partial charge in [0.1, 0.15) is 18.0 Å². The number of rotatable bonds is 3. The largest absolute Gasteiger partial charge is 0.477 e. The van der Waals surface area contributed by atoms with Gasteiger partial charge in [-0.25, -0.2) is 0 Å².